The molecule has 3 heteroatoms. The zero-order chi connectivity index (χ0) is 10.9. The minimum absolute atomic E-state index is 0.324. The molecule has 0 aromatic heterocycles. The molecule has 2 nitrogen and oxygen atoms in total. The molecule has 0 bridgehead atoms. The Balaban J connectivity index is 2.26. The Kier molecular flexibility index (Phi) is 2.89. The Bertz CT molecular complexity index is 361. The highest BCUT2D eigenvalue weighted by molar-refractivity contribution is 6.32. The average molecular weight is 226 g/mol. The highest BCUT2D eigenvalue weighted by Gasteiger charge is 2.43. The lowest BCUT2D eigenvalue weighted by atomic mass is 9.96. The third-order valence-corrected chi connectivity index (χ3v) is 3.43. The summed E-state index contributed by atoms with van der Waals surface area (Å²) in [6.07, 6.45) is 2.49. The normalized spacial score (nSPS) is 17.5. The second-order valence-electron chi connectivity index (χ2n) is 4.16. The lowest BCUT2D eigenvalue weighted by Gasteiger charge is -2.16. The van der Waals surface area contributed by atoms with Crippen LogP contribution < -0.4 is 10.1 Å². The summed E-state index contributed by atoms with van der Waals surface area (Å²) in [6.45, 7) is 1.02. The molecule has 1 aromatic rings. The van der Waals surface area contributed by atoms with Gasteiger partial charge in [-0.1, -0.05) is 17.7 Å². The number of hydrogen-bond acceptors (Lipinski definition) is 2. The Morgan fingerprint density at radius 3 is 2.67 bits per heavy atom. The van der Waals surface area contributed by atoms with E-state index in [2.05, 4.69) is 11.4 Å². The first-order chi connectivity index (χ1) is 7.22. The molecule has 1 N–H and O–H groups in total. The molecule has 0 radical (unpaired) electrons. The maximum atomic E-state index is 6.12. The smallest absolute Gasteiger partial charge is 0.137 e. The maximum Gasteiger partial charge on any atom is 0.137 e. The summed E-state index contributed by atoms with van der Waals surface area (Å²) in [5.41, 5.74) is 1.65. The van der Waals surface area contributed by atoms with Crippen LogP contribution in [-0.4, -0.2) is 20.7 Å². The van der Waals surface area contributed by atoms with E-state index in [0.717, 1.165) is 12.3 Å². The van der Waals surface area contributed by atoms with Gasteiger partial charge in [0.25, 0.3) is 0 Å². The molecule has 1 aromatic carbocycles. The molecule has 0 amide bonds. The zero-order valence-electron chi connectivity index (χ0n) is 9.14. The molecule has 1 fully saturated rings. The van der Waals surface area contributed by atoms with Crippen LogP contribution in [0.4, 0.5) is 0 Å². The van der Waals surface area contributed by atoms with Crippen molar-refractivity contribution in [1.82, 2.24) is 5.32 Å². The van der Waals surface area contributed by atoms with Gasteiger partial charge in [-0.25, -0.2) is 0 Å². The number of likely N-dealkylation sites (N-methyl/N-ethyl adjacent to an activating group) is 1. The predicted molar refractivity (Wildman–Crippen MR) is 62.8 cm³/mol. The first-order valence-corrected chi connectivity index (χ1v) is 5.58. The number of hydrogen-bond donors (Lipinski definition) is 1. The fraction of sp³-hybridized carbons (Fsp3) is 0.500. The second-order valence-corrected chi connectivity index (χ2v) is 4.57. The van der Waals surface area contributed by atoms with Crippen molar-refractivity contribution in [2.75, 3.05) is 20.7 Å². The lowest BCUT2D eigenvalue weighted by molar-refractivity contribution is 0.414. The summed E-state index contributed by atoms with van der Waals surface area (Å²) in [5.74, 6) is 0.751. The third kappa shape index (κ3) is 1.97. The van der Waals surface area contributed by atoms with Crippen molar-refractivity contribution in [3.05, 3.63) is 28.8 Å². The molecule has 1 aliphatic carbocycles. The number of rotatable bonds is 4. The zero-order valence-corrected chi connectivity index (χ0v) is 9.90. The molecule has 0 unspecified atom stereocenters. The van der Waals surface area contributed by atoms with E-state index >= 15 is 0 Å². The van der Waals surface area contributed by atoms with Crippen molar-refractivity contribution >= 4 is 11.6 Å². The average Bonchev–Trinajstić information content (AvgIpc) is 2.99. The van der Waals surface area contributed by atoms with Gasteiger partial charge in [-0.05, 0) is 37.6 Å². The summed E-state index contributed by atoms with van der Waals surface area (Å²) in [7, 11) is 3.63. The van der Waals surface area contributed by atoms with Crippen molar-refractivity contribution in [2.45, 2.75) is 18.3 Å². The first-order valence-electron chi connectivity index (χ1n) is 5.20. The quantitative estimate of drug-likeness (QED) is 0.851. The van der Waals surface area contributed by atoms with Crippen LogP contribution in [-0.2, 0) is 5.41 Å². The molecule has 1 aliphatic rings. The van der Waals surface area contributed by atoms with E-state index in [9.17, 15) is 0 Å². The highest BCUT2D eigenvalue weighted by Crippen LogP contribution is 2.48. The van der Waals surface area contributed by atoms with E-state index in [-0.39, 0.29) is 0 Å². The minimum Gasteiger partial charge on any atom is -0.495 e. The largest absolute Gasteiger partial charge is 0.495 e. The molecule has 0 atom stereocenters. The fourth-order valence-electron chi connectivity index (χ4n) is 2.05. The van der Waals surface area contributed by atoms with E-state index < -0.39 is 0 Å². The number of nitrogens with one attached hydrogen (secondary N) is 1. The van der Waals surface area contributed by atoms with Gasteiger partial charge in [0.2, 0.25) is 0 Å². The second kappa shape index (κ2) is 4.03. The van der Waals surface area contributed by atoms with Crippen LogP contribution in [0.2, 0.25) is 5.02 Å². The first kappa shape index (κ1) is 10.8. The van der Waals surface area contributed by atoms with Crippen LogP contribution in [0, 0.1) is 0 Å². The van der Waals surface area contributed by atoms with Gasteiger partial charge < -0.3 is 10.1 Å². The summed E-state index contributed by atoms with van der Waals surface area (Å²) < 4.78 is 5.15. The Morgan fingerprint density at radius 1 is 1.47 bits per heavy atom. The number of halogens is 1. The predicted octanol–water partition coefficient (Wildman–Crippen LogP) is 2.60. The van der Waals surface area contributed by atoms with E-state index in [1.54, 1.807) is 7.11 Å². The van der Waals surface area contributed by atoms with Crippen molar-refractivity contribution in [1.29, 1.82) is 0 Å². The van der Waals surface area contributed by atoms with Gasteiger partial charge in [0, 0.05) is 12.0 Å². The van der Waals surface area contributed by atoms with Crippen LogP contribution in [0.5, 0.6) is 5.75 Å². The number of benzene rings is 1. The summed E-state index contributed by atoms with van der Waals surface area (Å²) in [4.78, 5) is 0. The molecule has 0 heterocycles. The molecule has 15 heavy (non-hydrogen) atoms. The monoisotopic (exact) mass is 225 g/mol. The topological polar surface area (TPSA) is 21.3 Å². The van der Waals surface area contributed by atoms with Gasteiger partial charge in [-0.3, -0.25) is 0 Å². The van der Waals surface area contributed by atoms with E-state index in [0.29, 0.717) is 10.4 Å². The van der Waals surface area contributed by atoms with Gasteiger partial charge in [-0.2, -0.15) is 0 Å². The lowest BCUT2D eigenvalue weighted by Crippen LogP contribution is -2.23. The Morgan fingerprint density at radius 2 is 2.20 bits per heavy atom. The van der Waals surface area contributed by atoms with Crippen LogP contribution in [0.3, 0.4) is 0 Å². The van der Waals surface area contributed by atoms with Gasteiger partial charge >= 0.3 is 0 Å². The van der Waals surface area contributed by atoms with E-state index in [4.69, 9.17) is 16.3 Å². The summed E-state index contributed by atoms with van der Waals surface area (Å²) in [5, 5.41) is 3.95. The van der Waals surface area contributed by atoms with Crippen LogP contribution in [0.25, 0.3) is 0 Å². The molecule has 0 aliphatic heterocycles. The summed E-state index contributed by atoms with van der Waals surface area (Å²) >= 11 is 6.12. The Hall–Kier alpha value is -0.730. The van der Waals surface area contributed by atoms with Crippen molar-refractivity contribution in [3.63, 3.8) is 0 Å². The van der Waals surface area contributed by atoms with E-state index in [1.807, 2.05) is 19.2 Å². The minimum atomic E-state index is 0.324. The van der Waals surface area contributed by atoms with Gasteiger partial charge in [0.1, 0.15) is 5.75 Å². The fourth-order valence-corrected chi connectivity index (χ4v) is 2.31. The molecule has 1 saturated carbocycles. The molecule has 82 valence electrons. The van der Waals surface area contributed by atoms with Crippen LogP contribution >= 0.6 is 11.6 Å². The number of ether oxygens (including phenoxy) is 1. The van der Waals surface area contributed by atoms with E-state index in [1.165, 1.54) is 18.4 Å². The molecule has 2 rings (SSSR count). The van der Waals surface area contributed by atoms with Gasteiger partial charge in [-0.15, -0.1) is 0 Å². The van der Waals surface area contributed by atoms with Gasteiger partial charge in [0.05, 0.1) is 12.1 Å². The Labute approximate surface area is 95.6 Å². The van der Waals surface area contributed by atoms with Crippen molar-refractivity contribution < 1.29 is 4.74 Å². The van der Waals surface area contributed by atoms with Crippen molar-refractivity contribution in [3.8, 4) is 5.75 Å². The SMILES string of the molecule is CNCC1(c2ccc(OC)c(Cl)c2)CC1. The highest BCUT2D eigenvalue weighted by atomic mass is 35.5. The summed E-state index contributed by atoms with van der Waals surface area (Å²) in [6, 6.07) is 6.10. The molecule has 0 saturated heterocycles. The standard InChI is InChI=1S/C12H16ClNO/c1-14-8-12(5-6-12)9-3-4-11(15-2)10(13)7-9/h3-4,7,14H,5-6,8H2,1-2H3. The van der Waals surface area contributed by atoms with Crippen molar-refractivity contribution in [2.24, 2.45) is 0 Å². The van der Waals surface area contributed by atoms with Crippen LogP contribution in [0.1, 0.15) is 18.4 Å². The third-order valence-electron chi connectivity index (χ3n) is 3.13. The molecule has 0 spiro atoms. The van der Waals surface area contributed by atoms with Crippen LogP contribution in [0.15, 0.2) is 18.2 Å². The molecular weight excluding hydrogens is 210 g/mol. The maximum absolute atomic E-state index is 6.12. The molecular formula is C12H16ClNO. The number of methoxy groups -OCH3 is 1. The van der Waals surface area contributed by atoms with Gasteiger partial charge in [0.15, 0.2) is 0 Å².